The maximum Gasteiger partial charge on any atom is 0.437 e. The van der Waals surface area contributed by atoms with E-state index >= 15 is 0 Å². The zero-order valence-corrected chi connectivity index (χ0v) is 17.0. The molecule has 3 aromatic rings. The van der Waals surface area contributed by atoms with E-state index in [2.05, 4.69) is 10.1 Å². The molecule has 0 radical (unpaired) electrons. The van der Waals surface area contributed by atoms with Gasteiger partial charge in [0.05, 0.1) is 5.69 Å². The number of hydrogen-bond donors (Lipinski definition) is 1. The summed E-state index contributed by atoms with van der Waals surface area (Å²) in [5, 5.41) is 3.99. The van der Waals surface area contributed by atoms with E-state index < -0.39 is 30.2 Å². The monoisotopic (exact) mass is 411 g/mol. The first-order valence-electron chi connectivity index (χ1n) is 9.26. The molecule has 0 saturated heterocycles. The second kappa shape index (κ2) is 8.32. The minimum absolute atomic E-state index is 0.0757. The van der Waals surface area contributed by atoms with E-state index in [-0.39, 0.29) is 17.4 Å². The topological polar surface area (TPSA) is 124 Å². The Bertz CT molecular complexity index is 1170. The molecule has 9 nitrogen and oxygen atoms in total. The van der Waals surface area contributed by atoms with E-state index in [0.29, 0.717) is 22.4 Å². The SMILES string of the molecule is CC(=O)c1c(C)[nH]c(C(=O)C(C)OC(=O)Cn2nc(-c3ccccc3)oc2=O)c1C. The summed E-state index contributed by atoms with van der Waals surface area (Å²) >= 11 is 0. The molecule has 1 aromatic carbocycles. The fourth-order valence-corrected chi connectivity index (χ4v) is 3.24. The van der Waals surface area contributed by atoms with Crippen LogP contribution in [-0.2, 0) is 16.1 Å². The fraction of sp³-hybridized carbons (Fsp3) is 0.286. The minimum Gasteiger partial charge on any atom is -0.453 e. The van der Waals surface area contributed by atoms with Crippen molar-refractivity contribution in [1.82, 2.24) is 14.8 Å². The molecular weight excluding hydrogens is 390 g/mol. The van der Waals surface area contributed by atoms with Gasteiger partial charge in [0.1, 0.15) is 6.54 Å². The Balaban J connectivity index is 1.70. The number of hydrogen-bond acceptors (Lipinski definition) is 7. The van der Waals surface area contributed by atoms with Crippen LogP contribution >= 0.6 is 0 Å². The second-order valence-electron chi connectivity index (χ2n) is 6.87. The Morgan fingerprint density at radius 1 is 1.20 bits per heavy atom. The highest BCUT2D eigenvalue weighted by Crippen LogP contribution is 2.20. The number of ketones is 2. The third-order valence-electron chi connectivity index (χ3n) is 4.62. The minimum atomic E-state index is -1.12. The highest BCUT2D eigenvalue weighted by molar-refractivity contribution is 6.05. The molecule has 0 fully saturated rings. The number of benzene rings is 1. The van der Waals surface area contributed by atoms with Gasteiger partial charge >= 0.3 is 11.7 Å². The van der Waals surface area contributed by atoms with Crippen LogP contribution in [0.5, 0.6) is 0 Å². The molecular formula is C21H21N3O6. The number of Topliss-reactive ketones (excluding diaryl/α,β-unsaturated/α-hetero) is 2. The van der Waals surface area contributed by atoms with Crippen LogP contribution in [-0.4, -0.2) is 38.4 Å². The molecule has 1 N–H and O–H groups in total. The summed E-state index contributed by atoms with van der Waals surface area (Å²) in [5.74, 6) is -2.20. The summed E-state index contributed by atoms with van der Waals surface area (Å²) in [6.07, 6.45) is -1.12. The van der Waals surface area contributed by atoms with Crippen molar-refractivity contribution in [3.05, 3.63) is 63.4 Å². The maximum atomic E-state index is 12.7. The Hall–Kier alpha value is -3.75. The first-order chi connectivity index (χ1) is 14.2. The van der Waals surface area contributed by atoms with Crippen LogP contribution in [0.15, 0.2) is 39.5 Å². The smallest absolute Gasteiger partial charge is 0.437 e. The van der Waals surface area contributed by atoms with E-state index in [1.54, 1.807) is 44.2 Å². The molecule has 0 saturated carbocycles. The Labute approximate surface area is 171 Å². The molecule has 1 unspecified atom stereocenters. The lowest BCUT2D eigenvalue weighted by molar-refractivity contribution is -0.147. The van der Waals surface area contributed by atoms with Gasteiger partial charge in [-0.05, 0) is 45.4 Å². The Morgan fingerprint density at radius 2 is 1.87 bits per heavy atom. The van der Waals surface area contributed by atoms with Gasteiger partial charge in [0.15, 0.2) is 11.9 Å². The maximum absolute atomic E-state index is 12.7. The van der Waals surface area contributed by atoms with Crippen LogP contribution in [0.3, 0.4) is 0 Å². The van der Waals surface area contributed by atoms with Crippen molar-refractivity contribution >= 4 is 17.5 Å². The van der Waals surface area contributed by atoms with Crippen molar-refractivity contribution < 1.29 is 23.5 Å². The average molecular weight is 411 g/mol. The van der Waals surface area contributed by atoms with Crippen molar-refractivity contribution in [2.45, 2.75) is 40.3 Å². The molecule has 3 rings (SSSR count). The van der Waals surface area contributed by atoms with Crippen molar-refractivity contribution in [2.24, 2.45) is 0 Å². The Kier molecular flexibility index (Phi) is 5.81. The Morgan fingerprint density at radius 3 is 2.47 bits per heavy atom. The van der Waals surface area contributed by atoms with Gasteiger partial charge in [-0.25, -0.2) is 4.79 Å². The highest BCUT2D eigenvalue weighted by Gasteiger charge is 2.26. The van der Waals surface area contributed by atoms with Gasteiger partial charge in [-0.2, -0.15) is 4.68 Å². The molecule has 0 amide bonds. The summed E-state index contributed by atoms with van der Waals surface area (Å²) in [5.41, 5.74) is 2.32. The number of nitrogens with one attached hydrogen (secondary N) is 1. The molecule has 0 aliphatic rings. The number of carbonyl (C=O) groups excluding carboxylic acids is 3. The molecule has 0 bridgehead atoms. The largest absolute Gasteiger partial charge is 0.453 e. The number of H-pyrrole nitrogens is 1. The number of nitrogens with zero attached hydrogens (tertiary/aromatic N) is 2. The van der Waals surface area contributed by atoms with Crippen LogP contribution in [0.25, 0.3) is 11.5 Å². The number of aromatic nitrogens is 3. The predicted octanol–water partition coefficient (Wildman–Crippen LogP) is 2.47. The average Bonchev–Trinajstić information content (AvgIpc) is 3.20. The normalized spacial score (nSPS) is 11.9. The third kappa shape index (κ3) is 4.14. The van der Waals surface area contributed by atoms with Crippen molar-refractivity contribution in [3.63, 3.8) is 0 Å². The molecule has 2 heterocycles. The third-order valence-corrected chi connectivity index (χ3v) is 4.62. The first-order valence-corrected chi connectivity index (χ1v) is 9.26. The standard InChI is InChI=1S/C21H21N3O6/c1-11-17(13(3)25)12(2)22-18(11)19(27)14(4)29-16(26)10-24-21(28)30-20(23-24)15-8-6-5-7-9-15/h5-9,14,22H,10H2,1-4H3. The fourth-order valence-electron chi connectivity index (χ4n) is 3.24. The number of ether oxygens (including phenoxy) is 1. The van der Waals surface area contributed by atoms with E-state index in [9.17, 15) is 19.2 Å². The van der Waals surface area contributed by atoms with Crippen LogP contribution in [0.1, 0.15) is 46.0 Å². The van der Waals surface area contributed by atoms with Gasteiger partial charge in [0.2, 0.25) is 11.7 Å². The number of rotatable bonds is 7. The lowest BCUT2D eigenvalue weighted by Gasteiger charge is -2.12. The van der Waals surface area contributed by atoms with Crippen LogP contribution in [0.4, 0.5) is 0 Å². The lowest BCUT2D eigenvalue weighted by Crippen LogP contribution is -2.29. The molecule has 0 spiro atoms. The van der Waals surface area contributed by atoms with Crippen LogP contribution < -0.4 is 5.76 Å². The van der Waals surface area contributed by atoms with E-state index in [1.807, 2.05) is 0 Å². The molecule has 30 heavy (non-hydrogen) atoms. The summed E-state index contributed by atoms with van der Waals surface area (Å²) in [4.78, 5) is 51.5. The van der Waals surface area contributed by atoms with Crippen molar-refractivity contribution in [1.29, 1.82) is 0 Å². The second-order valence-corrected chi connectivity index (χ2v) is 6.87. The number of esters is 1. The molecule has 2 aromatic heterocycles. The van der Waals surface area contributed by atoms with Crippen LogP contribution in [0.2, 0.25) is 0 Å². The van der Waals surface area contributed by atoms with Crippen molar-refractivity contribution in [2.75, 3.05) is 0 Å². The molecule has 0 aliphatic carbocycles. The zero-order chi connectivity index (χ0) is 22.0. The lowest BCUT2D eigenvalue weighted by atomic mass is 10.0. The highest BCUT2D eigenvalue weighted by atomic mass is 16.5. The van der Waals surface area contributed by atoms with Gasteiger partial charge in [0, 0.05) is 16.8 Å². The predicted molar refractivity (Wildman–Crippen MR) is 106 cm³/mol. The summed E-state index contributed by atoms with van der Waals surface area (Å²) < 4.78 is 11.1. The summed E-state index contributed by atoms with van der Waals surface area (Å²) in [6.45, 7) is 5.68. The first kappa shape index (κ1) is 21.0. The molecule has 9 heteroatoms. The van der Waals surface area contributed by atoms with Gasteiger partial charge in [0.25, 0.3) is 0 Å². The summed E-state index contributed by atoms with van der Waals surface area (Å²) in [6, 6.07) is 8.76. The van der Waals surface area contributed by atoms with Gasteiger partial charge in [-0.1, -0.05) is 18.2 Å². The number of carbonyl (C=O) groups is 3. The molecule has 0 aliphatic heterocycles. The van der Waals surface area contributed by atoms with Gasteiger partial charge in [-0.3, -0.25) is 14.4 Å². The number of aryl methyl sites for hydroxylation is 1. The molecule has 1 atom stereocenters. The van der Waals surface area contributed by atoms with Gasteiger partial charge < -0.3 is 14.1 Å². The zero-order valence-electron chi connectivity index (χ0n) is 17.0. The quantitative estimate of drug-likeness (QED) is 0.468. The van der Waals surface area contributed by atoms with E-state index in [4.69, 9.17) is 9.15 Å². The van der Waals surface area contributed by atoms with E-state index in [1.165, 1.54) is 13.8 Å². The van der Waals surface area contributed by atoms with E-state index in [0.717, 1.165) is 4.68 Å². The van der Waals surface area contributed by atoms with Gasteiger partial charge in [-0.15, -0.1) is 5.10 Å². The van der Waals surface area contributed by atoms with Crippen molar-refractivity contribution in [3.8, 4) is 11.5 Å². The summed E-state index contributed by atoms with van der Waals surface area (Å²) in [7, 11) is 0. The van der Waals surface area contributed by atoms with Crippen LogP contribution in [0, 0.1) is 13.8 Å². The number of aromatic amines is 1. The molecule has 156 valence electrons.